The second kappa shape index (κ2) is 14.2. The van der Waals surface area contributed by atoms with Crippen molar-refractivity contribution in [2.75, 3.05) is 0 Å². The monoisotopic (exact) mass is 406 g/mol. The summed E-state index contributed by atoms with van der Waals surface area (Å²) < 4.78 is 13.0. The quantitative estimate of drug-likeness (QED) is 0.273. The lowest BCUT2D eigenvalue weighted by molar-refractivity contribution is -0.102. The fourth-order valence-corrected chi connectivity index (χ4v) is 4.94. The summed E-state index contributed by atoms with van der Waals surface area (Å²) >= 11 is 0. The van der Waals surface area contributed by atoms with Crippen LogP contribution in [-0.2, 0) is 6.42 Å². The lowest BCUT2D eigenvalue weighted by atomic mass is 9.68. The summed E-state index contributed by atoms with van der Waals surface area (Å²) in [6.45, 7) is 11.0. The molecule has 0 spiro atoms. The molecule has 0 aliphatic carbocycles. The van der Waals surface area contributed by atoms with Gasteiger partial charge in [-0.1, -0.05) is 98.1 Å². The Morgan fingerprint density at radius 3 is 1.76 bits per heavy atom. The molecule has 29 heavy (non-hydrogen) atoms. The van der Waals surface area contributed by atoms with Gasteiger partial charge in [-0.2, -0.15) is 0 Å². The third-order valence-electron chi connectivity index (χ3n) is 6.84. The summed E-state index contributed by atoms with van der Waals surface area (Å²) in [7, 11) is 0. The fraction of sp³-hybridized carbons (Fsp3) is 0.778. The number of unbranched alkanes of at least 4 members (excludes halogenated alkanes) is 7. The summed E-state index contributed by atoms with van der Waals surface area (Å²) in [4.78, 5) is 0. The normalized spacial score (nSPS) is 13.4. The van der Waals surface area contributed by atoms with Gasteiger partial charge in [-0.15, -0.1) is 0 Å². The Hall–Kier alpha value is -0.890. The Morgan fingerprint density at radius 2 is 1.24 bits per heavy atom. The van der Waals surface area contributed by atoms with Crippen molar-refractivity contribution in [3.05, 3.63) is 35.6 Å². The van der Waals surface area contributed by atoms with E-state index in [9.17, 15) is 9.50 Å². The first kappa shape index (κ1) is 26.1. The van der Waals surface area contributed by atoms with E-state index in [0.29, 0.717) is 5.92 Å². The number of rotatable bonds is 16. The third-order valence-corrected chi connectivity index (χ3v) is 6.84. The molecule has 0 saturated heterocycles. The summed E-state index contributed by atoms with van der Waals surface area (Å²) in [6.07, 6.45) is 14.6. The summed E-state index contributed by atoms with van der Waals surface area (Å²) in [5.74, 6) is 0.797. The standard InChI is InChI=1S/C27H47FO/c1-6-7-8-9-10-13-16-25(27(29,22(2)3)23(4)5)17-14-11-12-15-24-18-20-26(28)21-19-24/h18-23,25,29H,6-17H2,1-5H3. The smallest absolute Gasteiger partial charge is 0.123 e. The Bertz CT molecular complexity index is 512. The first-order valence-corrected chi connectivity index (χ1v) is 12.3. The Balaban J connectivity index is 2.50. The molecule has 1 atom stereocenters. The van der Waals surface area contributed by atoms with Crippen molar-refractivity contribution < 1.29 is 9.50 Å². The molecule has 1 rings (SSSR count). The van der Waals surface area contributed by atoms with Gasteiger partial charge in [0.1, 0.15) is 5.82 Å². The largest absolute Gasteiger partial charge is 0.389 e. The van der Waals surface area contributed by atoms with Crippen LogP contribution in [0.3, 0.4) is 0 Å². The van der Waals surface area contributed by atoms with Gasteiger partial charge < -0.3 is 5.11 Å². The number of aryl methyl sites for hydroxylation is 1. The zero-order valence-electron chi connectivity index (χ0n) is 19.9. The molecule has 1 N–H and O–H groups in total. The Kier molecular flexibility index (Phi) is 12.8. The van der Waals surface area contributed by atoms with E-state index in [1.165, 1.54) is 56.9 Å². The predicted molar refractivity (Wildman–Crippen MR) is 125 cm³/mol. The maximum atomic E-state index is 13.0. The SMILES string of the molecule is CCCCCCCCC(CCCCCc1ccc(F)cc1)C(O)(C(C)C)C(C)C. The van der Waals surface area contributed by atoms with E-state index in [1.54, 1.807) is 12.1 Å². The van der Waals surface area contributed by atoms with E-state index in [-0.39, 0.29) is 17.7 Å². The Morgan fingerprint density at radius 1 is 0.759 bits per heavy atom. The minimum absolute atomic E-state index is 0.159. The minimum atomic E-state index is -0.569. The molecule has 0 aliphatic rings. The number of hydrogen-bond acceptors (Lipinski definition) is 1. The highest BCUT2D eigenvalue weighted by atomic mass is 19.1. The molecule has 1 unspecified atom stereocenters. The van der Waals surface area contributed by atoms with E-state index in [1.807, 2.05) is 12.1 Å². The van der Waals surface area contributed by atoms with Gasteiger partial charge in [0.15, 0.2) is 0 Å². The minimum Gasteiger partial charge on any atom is -0.389 e. The highest BCUT2D eigenvalue weighted by Crippen LogP contribution is 2.39. The Labute approximate surface area is 180 Å². The molecule has 0 aromatic heterocycles. The zero-order valence-corrected chi connectivity index (χ0v) is 19.9. The van der Waals surface area contributed by atoms with Gasteiger partial charge in [-0.05, 0) is 61.1 Å². The highest BCUT2D eigenvalue weighted by molar-refractivity contribution is 5.15. The molecule has 0 fully saturated rings. The molecule has 168 valence electrons. The molecule has 0 aliphatic heterocycles. The number of benzene rings is 1. The summed E-state index contributed by atoms with van der Waals surface area (Å²) in [5.41, 5.74) is 0.649. The maximum absolute atomic E-state index is 13.0. The molecular formula is C27H47FO. The lowest BCUT2D eigenvalue weighted by Crippen LogP contribution is -2.47. The molecular weight excluding hydrogens is 359 g/mol. The van der Waals surface area contributed by atoms with Gasteiger partial charge in [0.05, 0.1) is 5.60 Å². The number of halogens is 1. The first-order valence-electron chi connectivity index (χ1n) is 12.3. The van der Waals surface area contributed by atoms with Crippen LogP contribution in [-0.4, -0.2) is 10.7 Å². The molecule has 1 aromatic carbocycles. The summed E-state index contributed by atoms with van der Waals surface area (Å²) in [6, 6.07) is 6.90. The average molecular weight is 407 g/mol. The molecule has 1 aromatic rings. The van der Waals surface area contributed by atoms with Gasteiger partial charge in [-0.3, -0.25) is 0 Å². The van der Waals surface area contributed by atoms with Crippen LogP contribution in [0, 0.1) is 23.6 Å². The average Bonchev–Trinajstić information content (AvgIpc) is 2.69. The van der Waals surface area contributed by atoms with Crippen LogP contribution >= 0.6 is 0 Å². The molecule has 1 nitrogen and oxygen atoms in total. The van der Waals surface area contributed by atoms with Gasteiger partial charge in [0.25, 0.3) is 0 Å². The van der Waals surface area contributed by atoms with Crippen molar-refractivity contribution >= 4 is 0 Å². The number of aliphatic hydroxyl groups is 1. The topological polar surface area (TPSA) is 20.2 Å². The van der Waals surface area contributed by atoms with E-state index in [0.717, 1.165) is 25.7 Å². The predicted octanol–water partition coefficient (Wildman–Crippen LogP) is 8.34. The second-order valence-corrected chi connectivity index (χ2v) is 9.68. The van der Waals surface area contributed by atoms with Gasteiger partial charge in [0, 0.05) is 0 Å². The third kappa shape index (κ3) is 9.20. The van der Waals surface area contributed by atoms with E-state index in [2.05, 4.69) is 34.6 Å². The lowest BCUT2D eigenvalue weighted by Gasteiger charge is -2.43. The first-order chi connectivity index (χ1) is 13.8. The van der Waals surface area contributed by atoms with Crippen molar-refractivity contribution in [2.45, 2.75) is 117 Å². The van der Waals surface area contributed by atoms with Crippen molar-refractivity contribution in [1.29, 1.82) is 0 Å². The van der Waals surface area contributed by atoms with Gasteiger partial charge >= 0.3 is 0 Å². The van der Waals surface area contributed by atoms with Crippen LogP contribution in [0.2, 0.25) is 0 Å². The second-order valence-electron chi connectivity index (χ2n) is 9.68. The van der Waals surface area contributed by atoms with Crippen LogP contribution in [0.25, 0.3) is 0 Å². The maximum Gasteiger partial charge on any atom is 0.123 e. The van der Waals surface area contributed by atoms with Crippen molar-refractivity contribution in [3.63, 3.8) is 0 Å². The summed E-state index contributed by atoms with van der Waals surface area (Å²) in [5, 5.41) is 11.6. The fourth-order valence-electron chi connectivity index (χ4n) is 4.94. The molecule has 0 heterocycles. The molecule has 0 bridgehead atoms. The van der Waals surface area contributed by atoms with Crippen LogP contribution < -0.4 is 0 Å². The van der Waals surface area contributed by atoms with Crippen molar-refractivity contribution in [3.8, 4) is 0 Å². The van der Waals surface area contributed by atoms with Crippen molar-refractivity contribution in [2.24, 2.45) is 17.8 Å². The number of hydrogen-bond donors (Lipinski definition) is 1. The van der Waals surface area contributed by atoms with E-state index in [4.69, 9.17) is 0 Å². The van der Waals surface area contributed by atoms with E-state index >= 15 is 0 Å². The van der Waals surface area contributed by atoms with Crippen LogP contribution in [0.1, 0.15) is 111 Å². The van der Waals surface area contributed by atoms with Gasteiger partial charge in [0.2, 0.25) is 0 Å². The van der Waals surface area contributed by atoms with Crippen LogP contribution in [0.5, 0.6) is 0 Å². The van der Waals surface area contributed by atoms with Crippen LogP contribution in [0.15, 0.2) is 24.3 Å². The van der Waals surface area contributed by atoms with E-state index < -0.39 is 5.60 Å². The molecule has 0 radical (unpaired) electrons. The van der Waals surface area contributed by atoms with Crippen molar-refractivity contribution in [1.82, 2.24) is 0 Å². The van der Waals surface area contributed by atoms with Gasteiger partial charge in [-0.25, -0.2) is 4.39 Å². The molecule has 0 saturated carbocycles. The zero-order chi connectivity index (χ0) is 21.7. The molecule has 0 amide bonds. The molecule has 2 heteroatoms. The van der Waals surface area contributed by atoms with Crippen LogP contribution in [0.4, 0.5) is 4.39 Å². The highest BCUT2D eigenvalue weighted by Gasteiger charge is 2.41.